The second kappa shape index (κ2) is 12.2. The summed E-state index contributed by atoms with van der Waals surface area (Å²) in [4.78, 5) is 28.5. The van der Waals surface area contributed by atoms with Crippen molar-refractivity contribution in [3.8, 4) is 5.75 Å². The van der Waals surface area contributed by atoms with Crippen molar-refractivity contribution >= 4 is 57.7 Å². The van der Waals surface area contributed by atoms with Gasteiger partial charge in [0.05, 0.1) is 36.8 Å². The molecule has 220 valence electrons. The minimum atomic E-state index is -1.73. The van der Waals surface area contributed by atoms with Gasteiger partial charge in [0.1, 0.15) is 5.75 Å². The number of carbonyl (C=O) groups is 2. The van der Waals surface area contributed by atoms with Gasteiger partial charge in [-0.15, -0.1) is 0 Å². The number of ether oxygens (including phenoxy) is 1. The van der Waals surface area contributed by atoms with E-state index in [9.17, 15) is 29.9 Å². The Kier molecular flexibility index (Phi) is 8.39. The quantitative estimate of drug-likeness (QED) is 0.128. The number of fused-ring (bicyclic) bond motifs is 3. The molecule has 2 aliphatic heterocycles. The number of imide groups is 1. The highest BCUT2D eigenvalue weighted by atomic mass is 79.9. The Morgan fingerprint density at radius 2 is 1.79 bits per heavy atom. The van der Waals surface area contributed by atoms with E-state index in [1.54, 1.807) is 24.3 Å². The first kappa shape index (κ1) is 29.5. The van der Waals surface area contributed by atoms with Crippen LogP contribution in [0.5, 0.6) is 5.75 Å². The van der Waals surface area contributed by atoms with Crippen molar-refractivity contribution in [3.63, 3.8) is 0 Å². The van der Waals surface area contributed by atoms with Gasteiger partial charge in [-0.05, 0) is 83.4 Å². The Morgan fingerprint density at radius 3 is 2.53 bits per heavy atom. The lowest BCUT2D eigenvalue weighted by Gasteiger charge is -2.31. The zero-order chi connectivity index (χ0) is 30.2. The number of amides is 2. The number of rotatable bonds is 8. The highest BCUT2D eigenvalue weighted by Gasteiger charge is 2.57. The van der Waals surface area contributed by atoms with Gasteiger partial charge in [0.25, 0.3) is 0 Å². The molecule has 10 heteroatoms. The van der Waals surface area contributed by atoms with E-state index in [1.165, 1.54) is 12.1 Å². The fourth-order valence-electron chi connectivity index (χ4n) is 6.77. The molecule has 0 radical (unpaired) electrons. The predicted octanol–water partition coefficient (Wildman–Crippen LogP) is 3.67. The molecule has 4 atom stereocenters. The average Bonchev–Trinajstić information content (AvgIpc) is 3.54. The third kappa shape index (κ3) is 5.61. The number of phenolic OH excluding ortho intramolecular Hbond substituents is 1. The van der Waals surface area contributed by atoms with Gasteiger partial charge < -0.3 is 25.0 Å². The molecule has 6 rings (SSSR count). The summed E-state index contributed by atoms with van der Waals surface area (Å²) in [6.07, 6.45) is 3.10. The summed E-state index contributed by atoms with van der Waals surface area (Å²) >= 11 is 3.48. The highest BCUT2D eigenvalue weighted by Crippen LogP contribution is 2.50. The van der Waals surface area contributed by atoms with Crippen molar-refractivity contribution in [2.75, 3.05) is 18.1 Å². The average molecular weight is 644 g/mol. The number of anilines is 1. The van der Waals surface area contributed by atoms with Gasteiger partial charge in [-0.2, -0.15) is 0 Å². The molecule has 1 aliphatic carbocycles. The number of halogens is 1. The Hall–Kier alpha value is -3.54. The molecule has 2 saturated heterocycles. The molecule has 0 aromatic heterocycles. The fraction of sp³-hybridized carbons (Fsp3) is 0.273. The molecule has 0 unspecified atom stereocenters. The van der Waals surface area contributed by atoms with E-state index < -0.39 is 19.0 Å². The standard InChI is InChI=1S/C33H31BBrNO7/c35-24-10-11-28(38)21(14-24)13-20(19-5-2-1-3-6-19)9-12-29-30-22(17-37)15-26-31(27(30)18-43-29)33(40)36(32(26)39)25-8-4-7-23(16-25)34(41)42/h1-8,10-11,13-14,16,26-27,29,31,37-38,41-42H,9,12,15,17-18H2/b20-13-/t26-,27+,29-,31-/m1/s1. The van der Waals surface area contributed by atoms with Gasteiger partial charge in [-0.1, -0.05) is 58.4 Å². The molecule has 43 heavy (non-hydrogen) atoms. The molecule has 8 nitrogen and oxygen atoms in total. The summed E-state index contributed by atoms with van der Waals surface area (Å²) in [5.41, 5.74) is 4.83. The molecular weight excluding hydrogens is 613 g/mol. The van der Waals surface area contributed by atoms with Crippen molar-refractivity contribution < 1.29 is 34.6 Å². The zero-order valence-electron chi connectivity index (χ0n) is 23.3. The Balaban J connectivity index is 1.27. The van der Waals surface area contributed by atoms with E-state index in [2.05, 4.69) is 15.9 Å². The second-order valence-electron chi connectivity index (χ2n) is 11.2. The number of allylic oxidation sites excluding steroid dienone is 1. The number of aliphatic hydroxyl groups is 1. The van der Waals surface area contributed by atoms with Crippen molar-refractivity contribution in [2.24, 2.45) is 17.8 Å². The molecule has 2 heterocycles. The van der Waals surface area contributed by atoms with Gasteiger partial charge in [-0.3, -0.25) is 14.5 Å². The lowest BCUT2D eigenvalue weighted by Crippen LogP contribution is -2.35. The number of benzene rings is 3. The molecule has 0 spiro atoms. The van der Waals surface area contributed by atoms with E-state index in [4.69, 9.17) is 4.74 Å². The summed E-state index contributed by atoms with van der Waals surface area (Å²) in [5.74, 6) is -2.09. The van der Waals surface area contributed by atoms with Crippen LogP contribution in [0.3, 0.4) is 0 Å². The molecular formula is C33H31BBrNO7. The van der Waals surface area contributed by atoms with Gasteiger partial charge in [0.2, 0.25) is 11.8 Å². The van der Waals surface area contributed by atoms with Crippen molar-refractivity contribution in [2.45, 2.75) is 25.4 Å². The molecule has 2 fully saturated rings. The molecule has 3 aromatic carbocycles. The Labute approximate surface area is 258 Å². The van der Waals surface area contributed by atoms with Crippen LogP contribution in [0, 0.1) is 17.8 Å². The van der Waals surface area contributed by atoms with Crippen LogP contribution in [0.1, 0.15) is 30.4 Å². The number of aromatic hydroxyl groups is 1. The number of aliphatic hydroxyl groups excluding tert-OH is 1. The van der Waals surface area contributed by atoms with E-state index >= 15 is 0 Å². The molecule has 2 amide bonds. The number of nitrogens with zero attached hydrogens (tertiary/aromatic N) is 1. The monoisotopic (exact) mass is 643 g/mol. The third-order valence-electron chi connectivity index (χ3n) is 8.77. The lowest BCUT2D eigenvalue weighted by molar-refractivity contribution is -0.122. The van der Waals surface area contributed by atoms with E-state index in [0.29, 0.717) is 24.1 Å². The summed E-state index contributed by atoms with van der Waals surface area (Å²) in [5, 5.41) is 40.1. The van der Waals surface area contributed by atoms with E-state index in [0.717, 1.165) is 31.7 Å². The first-order chi connectivity index (χ1) is 20.8. The van der Waals surface area contributed by atoms with Crippen LogP contribution in [0.25, 0.3) is 11.6 Å². The largest absolute Gasteiger partial charge is 0.507 e. The van der Waals surface area contributed by atoms with E-state index in [-0.39, 0.29) is 54.7 Å². The SMILES string of the molecule is O=C1[C@@H]2[C@@H](CC(CO)=C3[C@@H](CC/C(=C/c4cc(Br)ccc4O)c4ccccc4)OC[C@@H]32)C(=O)N1c1cccc(B(O)O)c1. The first-order valence-electron chi connectivity index (χ1n) is 14.3. The minimum Gasteiger partial charge on any atom is -0.507 e. The summed E-state index contributed by atoms with van der Waals surface area (Å²) in [6.45, 7) is 0.0413. The van der Waals surface area contributed by atoms with Crippen LogP contribution in [-0.4, -0.2) is 58.5 Å². The van der Waals surface area contributed by atoms with Crippen LogP contribution >= 0.6 is 15.9 Å². The normalized spacial score (nSPS) is 23.5. The van der Waals surface area contributed by atoms with Gasteiger partial charge in [0.15, 0.2) is 0 Å². The van der Waals surface area contributed by atoms with Crippen molar-refractivity contribution in [1.29, 1.82) is 0 Å². The van der Waals surface area contributed by atoms with Gasteiger partial charge >= 0.3 is 7.12 Å². The Morgan fingerprint density at radius 1 is 1.00 bits per heavy atom. The van der Waals surface area contributed by atoms with E-state index in [1.807, 2.05) is 42.5 Å². The molecule has 3 aromatic rings. The highest BCUT2D eigenvalue weighted by molar-refractivity contribution is 9.10. The maximum atomic E-state index is 13.8. The fourth-order valence-corrected chi connectivity index (χ4v) is 7.14. The molecule has 0 saturated carbocycles. The maximum absolute atomic E-state index is 13.8. The third-order valence-corrected chi connectivity index (χ3v) is 9.26. The van der Waals surface area contributed by atoms with Crippen LogP contribution in [-0.2, 0) is 14.3 Å². The minimum absolute atomic E-state index is 0.172. The predicted molar refractivity (Wildman–Crippen MR) is 167 cm³/mol. The lowest BCUT2D eigenvalue weighted by atomic mass is 9.69. The maximum Gasteiger partial charge on any atom is 0.488 e. The topological polar surface area (TPSA) is 128 Å². The number of hydrogen-bond donors (Lipinski definition) is 4. The molecule has 4 N–H and O–H groups in total. The second-order valence-corrected chi connectivity index (χ2v) is 12.2. The van der Waals surface area contributed by atoms with Crippen LogP contribution in [0.2, 0.25) is 0 Å². The van der Waals surface area contributed by atoms with Crippen LogP contribution in [0.4, 0.5) is 5.69 Å². The molecule has 3 aliphatic rings. The van der Waals surface area contributed by atoms with Gasteiger partial charge in [-0.25, -0.2) is 0 Å². The zero-order valence-corrected chi connectivity index (χ0v) is 24.9. The summed E-state index contributed by atoms with van der Waals surface area (Å²) in [6, 6.07) is 21.3. The summed E-state index contributed by atoms with van der Waals surface area (Å²) in [7, 11) is -1.73. The van der Waals surface area contributed by atoms with Crippen LogP contribution in [0.15, 0.2) is 88.4 Å². The summed E-state index contributed by atoms with van der Waals surface area (Å²) < 4.78 is 7.14. The van der Waals surface area contributed by atoms with Crippen LogP contribution < -0.4 is 10.4 Å². The van der Waals surface area contributed by atoms with Crippen molar-refractivity contribution in [3.05, 3.63) is 99.5 Å². The number of hydrogen-bond acceptors (Lipinski definition) is 7. The van der Waals surface area contributed by atoms with Crippen molar-refractivity contribution in [1.82, 2.24) is 0 Å². The number of carbonyl (C=O) groups excluding carboxylic acids is 2. The smallest absolute Gasteiger partial charge is 0.488 e. The first-order valence-corrected chi connectivity index (χ1v) is 15.1. The molecule has 0 bridgehead atoms. The van der Waals surface area contributed by atoms with Gasteiger partial charge in [0, 0.05) is 16.0 Å². The number of phenols is 1. The Bertz CT molecular complexity index is 1620.